The number of nitrogens with one attached hydrogen (secondary N) is 1. The van der Waals surface area contributed by atoms with Gasteiger partial charge in [0.2, 0.25) is 0 Å². The summed E-state index contributed by atoms with van der Waals surface area (Å²) in [5.74, 6) is 2.26. The Kier molecular flexibility index (Phi) is 2.16. The van der Waals surface area contributed by atoms with Crippen LogP contribution in [0.15, 0.2) is 0 Å². The number of fused-ring (bicyclic) bond motifs is 1. The monoisotopic (exact) mass is 167 g/mol. The van der Waals surface area contributed by atoms with Crippen molar-refractivity contribution in [1.82, 2.24) is 5.32 Å². The van der Waals surface area contributed by atoms with Crippen LogP contribution in [-0.2, 0) is 0 Å². The summed E-state index contributed by atoms with van der Waals surface area (Å²) in [4.78, 5) is 0. The molecule has 0 aliphatic heterocycles. The van der Waals surface area contributed by atoms with Crippen LogP contribution in [-0.4, -0.2) is 13.6 Å². The van der Waals surface area contributed by atoms with Crippen molar-refractivity contribution in [2.45, 2.75) is 39.0 Å². The maximum atomic E-state index is 3.38. The van der Waals surface area contributed by atoms with Gasteiger partial charge >= 0.3 is 0 Å². The fraction of sp³-hybridized carbons (Fsp3) is 1.00. The van der Waals surface area contributed by atoms with Crippen molar-refractivity contribution in [3.05, 3.63) is 0 Å². The fourth-order valence-corrected chi connectivity index (χ4v) is 3.35. The number of rotatable bonds is 4. The second-order valence-corrected chi connectivity index (χ2v) is 4.94. The lowest BCUT2D eigenvalue weighted by atomic mass is 9.79. The van der Waals surface area contributed by atoms with Crippen LogP contribution in [0.2, 0.25) is 0 Å². The van der Waals surface area contributed by atoms with Crippen LogP contribution in [0.3, 0.4) is 0 Å². The highest BCUT2D eigenvalue weighted by molar-refractivity contribution is 5.03. The van der Waals surface area contributed by atoms with Crippen LogP contribution in [0.1, 0.15) is 39.0 Å². The van der Waals surface area contributed by atoms with Gasteiger partial charge in [-0.2, -0.15) is 0 Å². The second kappa shape index (κ2) is 3.02. The van der Waals surface area contributed by atoms with Crippen LogP contribution < -0.4 is 5.32 Å². The van der Waals surface area contributed by atoms with E-state index >= 15 is 0 Å². The van der Waals surface area contributed by atoms with E-state index in [4.69, 9.17) is 0 Å². The van der Waals surface area contributed by atoms with Gasteiger partial charge in [-0.1, -0.05) is 13.3 Å². The minimum absolute atomic E-state index is 0.705. The summed E-state index contributed by atoms with van der Waals surface area (Å²) in [6.07, 6.45) is 7.40. The minimum Gasteiger partial charge on any atom is -0.319 e. The van der Waals surface area contributed by atoms with Crippen LogP contribution in [0.5, 0.6) is 0 Å². The zero-order valence-corrected chi connectivity index (χ0v) is 8.40. The first kappa shape index (κ1) is 8.55. The molecule has 2 aliphatic rings. The number of hydrogen-bond donors (Lipinski definition) is 1. The van der Waals surface area contributed by atoms with Gasteiger partial charge in [0.25, 0.3) is 0 Å². The van der Waals surface area contributed by atoms with Gasteiger partial charge in [0.05, 0.1) is 0 Å². The predicted molar refractivity (Wildman–Crippen MR) is 52.1 cm³/mol. The summed E-state index contributed by atoms with van der Waals surface area (Å²) in [5, 5.41) is 3.38. The van der Waals surface area contributed by atoms with Crippen molar-refractivity contribution in [3.8, 4) is 0 Å². The summed E-state index contributed by atoms with van der Waals surface area (Å²) >= 11 is 0. The zero-order chi connectivity index (χ0) is 8.60. The maximum absolute atomic E-state index is 3.38. The zero-order valence-electron chi connectivity index (χ0n) is 8.40. The van der Waals surface area contributed by atoms with E-state index < -0.39 is 0 Å². The second-order valence-electron chi connectivity index (χ2n) is 4.94. The highest BCUT2D eigenvalue weighted by Gasteiger charge is 2.52. The first-order chi connectivity index (χ1) is 5.79. The lowest BCUT2D eigenvalue weighted by Crippen LogP contribution is -2.31. The van der Waals surface area contributed by atoms with Gasteiger partial charge in [-0.05, 0) is 50.0 Å². The Morgan fingerprint density at radius 1 is 1.33 bits per heavy atom. The lowest BCUT2D eigenvalue weighted by Gasteiger charge is -2.30. The van der Waals surface area contributed by atoms with Crippen LogP contribution in [0, 0.1) is 17.3 Å². The highest BCUT2D eigenvalue weighted by atomic mass is 14.8. The Labute approximate surface area is 75.9 Å². The molecule has 2 unspecified atom stereocenters. The van der Waals surface area contributed by atoms with E-state index in [0.717, 1.165) is 11.8 Å². The number of hydrogen-bond acceptors (Lipinski definition) is 1. The van der Waals surface area contributed by atoms with E-state index in [-0.39, 0.29) is 0 Å². The minimum atomic E-state index is 0.705. The van der Waals surface area contributed by atoms with E-state index in [1.54, 1.807) is 6.42 Å². The molecule has 2 rings (SSSR count). The molecule has 0 amide bonds. The quantitative estimate of drug-likeness (QED) is 0.678. The first-order valence-electron chi connectivity index (χ1n) is 5.44. The van der Waals surface area contributed by atoms with Gasteiger partial charge in [-0.15, -0.1) is 0 Å². The summed E-state index contributed by atoms with van der Waals surface area (Å²) in [7, 11) is 2.10. The van der Waals surface area contributed by atoms with Crippen LogP contribution >= 0.6 is 0 Å². The molecule has 1 N–H and O–H groups in total. The molecule has 0 aromatic carbocycles. The summed E-state index contributed by atoms with van der Waals surface area (Å²) < 4.78 is 0. The molecule has 0 radical (unpaired) electrons. The predicted octanol–water partition coefficient (Wildman–Crippen LogP) is 2.42. The third-order valence-electron chi connectivity index (χ3n) is 3.79. The first-order valence-corrected chi connectivity index (χ1v) is 5.44. The Hall–Kier alpha value is -0.0400. The standard InChI is InChI=1S/C11H21N/c1-3-4-11(8-12-2)6-9-5-10(9)7-11/h9-10,12H,3-8H2,1-2H3. The Morgan fingerprint density at radius 2 is 2.00 bits per heavy atom. The summed E-state index contributed by atoms with van der Waals surface area (Å²) in [5.41, 5.74) is 0.705. The lowest BCUT2D eigenvalue weighted by molar-refractivity contribution is 0.234. The Morgan fingerprint density at radius 3 is 2.50 bits per heavy atom. The van der Waals surface area contributed by atoms with E-state index in [9.17, 15) is 0 Å². The molecule has 70 valence electrons. The Balaban J connectivity index is 1.93. The molecule has 2 aliphatic carbocycles. The summed E-state index contributed by atoms with van der Waals surface area (Å²) in [6.45, 7) is 3.58. The van der Waals surface area contributed by atoms with Crippen molar-refractivity contribution in [2.24, 2.45) is 17.3 Å². The molecule has 12 heavy (non-hydrogen) atoms. The smallest absolute Gasteiger partial charge is 0.000501 e. The fourth-order valence-electron chi connectivity index (χ4n) is 3.35. The third-order valence-corrected chi connectivity index (χ3v) is 3.79. The van der Waals surface area contributed by atoms with Gasteiger partial charge in [0, 0.05) is 6.54 Å². The molecule has 0 saturated heterocycles. The molecular weight excluding hydrogens is 146 g/mol. The van der Waals surface area contributed by atoms with Gasteiger partial charge in [-0.25, -0.2) is 0 Å². The molecule has 0 heterocycles. The average molecular weight is 167 g/mol. The normalized spacial score (nSPS) is 44.5. The molecule has 0 aromatic rings. The Bertz CT molecular complexity index is 146. The molecule has 2 fully saturated rings. The molecule has 0 aromatic heterocycles. The topological polar surface area (TPSA) is 12.0 Å². The molecular formula is C11H21N. The van der Waals surface area contributed by atoms with Crippen LogP contribution in [0.4, 0.5) is 0 Å². The van der Waals surface area contributed by atoms with Gasteiger partial charge in [-0.3, -0.25) is 0 Å². The van der Waals surface area contributed by atoms with Gasteiger partial charge < -0.3 is 5.32 Å². The van der Waals surface area contributed by atoms with Crippen molar-refractivity contribution in [2.75, 3.05) is 13.6 Å². The van der Waals surface area contributed by atoms with Crippen LogP contribution in [0.25, 0.3) is 0 Å². The van der Waals surface area contributed by atoms with E-state index in [2.05, 4.69) is 19.3 Å². The molecule has 1 nitrogen and oxygen atoms in total. The molecule has 0 spiro atoms. The van der Waals surface area contributed by atoms with Crippen molar-refractivity contribution >= 4 is 0 Å². The molecule has 1 heteroatoms. The maximum Gasteiger partial charge on any atom is 0.000501 e. The van der Waals surface area contributed by atoms with Gasteiger partial charge in [0.1, 0.15) is 0 Å². The van der Waals surface area contributed by atoms with E-state index in [0.29, 0.717) is 5.41 Å². The van der Waals surface area contributed by atoms with Crippen molar-refractivity contribution < 1.29 is 0 Å². The SMILES string of the molecule is CCCC1(CNC)CC2CC2C1. The van der Waals surface area contributed by atoms with E-state index in [1.165, 1.54) is 32.2 Å². The highest BCUT2D eigenvalue weighted by Crippen LogP contribution is 2.61. The molecule has 0 bridgehead atoms. The van der Waals surface area contributed by atoms with Crippen molar-refractivity contribution in [3.63, 3.8) is 0 Å². The van der Waals surface area contributed by atoms with Gasteiger partial charge in [0.15, 0.2) is 0 Å². The average Bonchev–Trinajstić information content (AvgIpc) is 2.61. The van der Waals surface area contributed by atoms with E-state index in [1.807, 2.05) is 0 Å². The third kappa shape index (κ3) is 1.39. The largest absolute Gasteiger partial charge is 0.319 e. The molecule has 2 atom stereocenters. The molecule has 2 saturated carbocycles. The van der Waals surface area contributed by atoms with Crippen molar-refractivity contribution in [1.29, 1.82) is 0 Å². The summed E-state index contributed by atoms with van der Waals surface area (Å²) in [6, 6.07) is 0.